The zero-order valence-corrected chi connectivity index (χ0v) is 22.8. The summed E-state index contributed by atoms with van der Waals surface area (Å²) in [5.41, 5.74) is 3.24. The molecule has 0 spiro atoms. The van der Waals surface area contributed by atoms with Crippen molar-refractivity contribution in [3.05, 3.63) is 64.5 Å². The number of benzene rings is 2. The van der Waals surface area contributed by atoms with Gasteiger partial charge in [0, 0.05) is 68.2 Å². The van der Waals surface area contributed by atoms with Gasteiger partial charge in [-0.25, -0.2) is 14.8 Å². The molecule has 1 N–H and O–H groups in total. The summed E-state index contributed by atoms with van der Waals surface area (Å²) >= 11 is 0. The lowest BCUT2D eigenvalue weighted by Crippen LogP contribution is -2.28. The van der Waals surface area contributed by atoms with Crippen molar-refractivity contribution in [2.75, 3.05) is 58.7 Å². The minimum Gasteiger partial charge on any atom is -0.494 e. The highest BCUT2D eigenvalue weighted by Gasteiger charge is 2.23. The highest BCUT2D eigenvalue weighted by atomic mass is 16.6. The molecular weight excluding hydrogens is 502 g/mol. The van der Waals surface area contributed by atoms with Gasteiger partial charge in [0.1, 0.15) is 11.4 Å². The zero-order chi connectivity index (χ0) is 28.3. The van der Waals surface area contributed by atoms with Gasteiger partial charge in [0.15, 0.2) is 0 Å². The monoisotopic (exact) mass is 533 g/mol. The molecule has 4 aromatic rings. The van der Waals surface area contributed by atoms with Gasteiger partial charge in [0.25, 0.3) is 5.69 Å². The molecule has 12 nitrogen and oxygen atoms in total. The number of anilines is 3. The van der Waals surface area contributed by atoms with Crippen LogP contribution in [0.2, 0.25) is 0 Å². The summed E-state index contributed by atoms with van der Waals surface area (Å²) in [6, 6.07) is 10.2. The number of esters is 1. The standard InChI is InChI=1S/C27H31N7O5/c1-31(2)12-13-32(3)22-15-24(38-5)20(14-23(22)34(36)37)30-27-28-11-10-19(29-27)18-16-33(4)21-9-7-8-17(25(18)21)26(35)39-6/h7-11,14-16H,12-13H2,1-6H3,(H,28,29,30). The number of methoxy groups -OCH3 is 2. The van der Waals surface area contributed by atoms with Crippen LogP contribution >= 0.6 is 0 Å². The van der Waals surface area contributed by atoms with E-state index in [0.717, 1.165) is 17.6 Å². The third kappa shape index (κ3) is 5.60. The smallest absolute Gasteiger partial charge is 0.338 e. The van der Waals surface area contributed by atoms with Gasteiger partial charge in [-0.05, 0) is 32.3 Å². The van der Waals surface area contributed by atoms with Crippen LogP contribution in [0.1, 0.15) is 10.4 Å². The van der Waals surface area contributed by atoms with Crippen molar-refractivity contribution in [1.82, 2.24) is 19.4 Å². The van der Waals surface area contributed by atoms with Gasteiger partial charge in [0.2, 0.25) is 5.95 Å². The van der Waals surface area contributed by atoms with E-state index in [4.69, 9.17) is 9.47 Å². The van der Waals surface area contributed by atoms with E-state index in [0.29, 0.717) is 40.3 Å². The highest BCUT2D eigenvalue weighted by Crippen LogP contribution is 2.39. The molecule has 2 aromatic heterocycles. The Morgan fingerprint density at radius 1 is 1.15 bits per heavy atom. The molecule has 0 atom stereocenters. The molecule has 4 rings (SSSR count). The Balaban J connectivity index is 1.75. The normalized spacial score (nSPS) is 11.1. The van der Waals surface area contributed by atoms with E-state index in [-0.39, 0.29) is 11.6 Å². The fraction of sp³-hybridized carbons (Fsp3) is 0.296. The molecule has 12 heteroatoms. The Bertz CT molecular complexity index is 1530. The first kappa shape index (κ1) is 27.3. The van der Waals surface area contributed by atoms with Crippen LogP contribution < -0.4 is 15.0 Å². The molecule has 0 bridgehead atoms. The maximum Gasteiger partial charge on any atom is 0.338 e. The first-order chi connectivity index (χ1) is 18.6. The molecule has 0 aliphatic rings. The van der Waals surface area contributed by atoms with E-state index in [1.165, 1.54) is 20.3 Å². The number of aromatic nitrogens is 3. The van der Waals surface area contributed by atoms with Crippen LogP contribution in [0, 0.1) is 10.1 Å². The summed E-state index contributed by atoms with van der Waals surface area (Å²) in [4.78, 5) is 36.8. The molecule has 0 aliphatic heterocycles. The van der Waals surface area contributed by atoms with Crippen LogP contribution in [0.15, 0.2) is 48.8 Å². The van der Waals surface area contributed by atoms with Gasteiger partial charge < -0.3 is 29.2 Å². The first-order valence-corrected chi connectivity index (χ1v) is 12.1. The number of nitrogens with zero attached hydrogens (tertiary/aromatic N) is 6. The van der Waals surface area contributed by atoms with E-state index < -0.39 is 10.9 Å². The van der Waals surface area contributed by atoms with Crippen LogP contribution in [-0.2, 0) is 11.8 Å². The molecule has 204 valence electrons. The minimum atomic E-state index is -0.451. The van der Waals surface area contributed by atoms with Gasteiger partial charge in [-0.2, -0.15) is 0 Å². The number of nitro groups is 1. The van der Waals surface area contributed by atoms with E-state index in [1.54, 1.807) is 37.5 Å². The number of likely N-dealkylation sites (N-methyl/N-ethyl adjacent to an activating group) is 2. The Hall–Kier alpha value is -4.71. The van der Waals surface area contributed by atoms with Crippen molar-refractivity contribution in [3.63, 3.8) is 0 Å². The van der Waals surface area contributed by atoms with Crippen molar-refractivity contribution in [1.29, 1.82) is 0 Å². The van der Waals surface area contributed by atoms with Crippen LogP contribution in [0.25, 0.3) is 22.2 Å². The summed E-state index contributed by atoms with van der Waals surface area (Å²) in [5, 5.41) is 15.8. The molecule has 39 heavy (non-hydrogen) atoms. The summed E-state index contributed by atoms with van der Waals surface area (Å²) < 4.78 is 12.5. The Labute approximate surface area is 225 Å². The largest absolute Gasteiger partial charge is 0.494 e. The van der Waals surface area contributed by atoms with E-state index in [1.807, 2.05) is 47.8 Å². The maximum absolute atomic E-state index is 12.5. The highest BCUT2D eigenvalue weighted by molar-refractivity contribution is 6.10. The maximum atomic E-state index is 12.5. The molecule has 2 heterocycles. The Morgan fingerprint density at radius 2 is 1.92 bits per heavy atom. The fourth-order valence-corrected chi connectivity index (χ4v) is 4.36. The number of carbonyl (C=O) groups excluding carboxylic acids is 1. The molecule has 0 radical (unpaired) electrons. The van der Waals surface area contributed by atoms with Crippen LogP contribution in [0.3, 0.4) is 0 Å². The second-order valence-corrected chi connectivity index (χ2v) is 9.26. The van der Waals surface area contributed by atoms with E-state index in [9.17, 15) is 14.9 Å². The van der Waals surface area contributed by atoms with Gasteiger partial charge in [-0.15, -0.1) is 0 Å². The number of aryl methyl sites for hydroxylation is 1. The third-order valence-corrected chi connectivity index (χ3v) is 6.39. The van der Waals surface area contributed by atoms with E-state index >= 15 is 0 Å². The number of carbonyl (C=O) groups is 1. The average Bonchev–Trinajstić information content (AvgIpc) is 3.27. The first-order valence-electron chi connectivity index (χ1n) is 12.1. The summed E-state index contributed by atoms with van der Waals surface area (Å²) in [5.74, 6) is 0.161. The lowest BCUT2D eigenvalue weighted by atomic mass is 10.0. The molecule has 0 amide bonds. The number of hydrogen-bond donors (Lipinski definition) is 1. The SMILES string of the molecule is COC(=O)c1cccc2c1c(-c1ccnc(Nc3cc([N+](=O)[O-])c(N(C)CCN(C)C)cc3OC)n1)cn2C. The van der Waals surface area contributed by atoms with Crippen molar-refractivity contribution < 1.29 is 19.2 Å². The van der Waals surface area contributed by atoms with Crippen molar-refractivity contribution >= 4 is 39.9 Å². The predicted molar refractivity (Wildman–Crippen MR) is 150 cm³/mol. The summed E-state index contributed by atoms with van der Waals surface area (Å²) in [6.45, 7) is 1.32. The van der Waals surface area contributed by atoms with Crippen molar-refractivity contribution in [2.24, 2.45) is 7.05 Å². The lowest BCUT2D eigenvalue weighted by Gasteiger charge is -2.22. The lowest BCUT2D eigenvalue weighted by molar-refractivity contribution is -0.384. The number of rotatable bonds is 10. The van der Waals surface area contributed by atoms with Crippen LogP contribution in [0.5, 0.6) is 5.75 Å². The van der Waals surface area contributed by atoms with E-state index in [2.05, 4.69) is 15.3 Å². The number of nitrogens with one attached hydrogen (secondary N) is 1. The van der Waals surface area contributed by atoms with Gasteiger partial charge in [-0.3, -0.25) is 10.1 Å². The molecule has 0 aliphatic carbocycles. The van der Waals surface area contributed by atoms with Crippen LogP contribution in [0.4, 0.5) is 23.0 Å². The van der Waals surface area contributed by atoms with Gasteiger partial charge in [-0.1, -0.05) is 6.07 Å². The molecular formula is C27H31N7O5. The Kier molecular flexibility index (Phi) is 7.96. The second-order valence-electron chi connectivity index (χ2n) is 9.26. The zero-order valence-electron chi connectivity index (χ0n) is 22.8. The minimum absolute atomic E-state index is 0.0764. The van der Waals surface area contributed by atoms with Gasteiger partial charge in [0.05, 0.1) is 36.1 Å². The molecule has 2 aromatic carbocycles. The van der Waals surface area contributed by atoms with Gasteiger partial charge >= 0.3 is 5.97 Å². The summed E-state index contributed by atoms with van der Waals surface area (Å²) in [7, 11) is 10.4. The number of hydrogen-bond acceptors (Lipinski definition) is 10. The summed E-state index contributed by atoms with van der Waals surface area (Å²) in [6.07, 6.45) is 3.46. The predicted octanol–water partition coefficient (Wildman–Crippen LogP) is 4.08. The average molecular weight is 534 g/mol. The molecule has 0 saturated heterocycles. The number of ether oxygens (including phenoxy) is 2. The molecule has 0 saturated carbocycles. The Morgan fingerprint density at radius 3 is 2.59 bits per heavy atom. The van der Waals surface area contributed by atoms with Crippen LogP contribution in [-0.4, -0.2) is 78.8 Å². The fourth-order valence-electron chi connectivity index (χ4n) is 4.36. The molecule has 0 fully saturated rings. The number of nitro benzene ring substituents is 1. The quantitative estimate of drug-likeness (QED) is 0.181. The molecule has 0 unspecified atom stereocenters. The second kappa shape index (κ2) is 11.4. The topological polar surface area (TPSA) is 128 Å². The number of fused-ring (bicyclic) bond motifs is 1. The third-order valence-electron chi connectivity index (χ3n) is 6.39. The van der Waals surface area contributed by atoms with Crippen molar-refractivity contribution in [2.45, 2.75) is 0 Å². The van der Waals surface area contributed by atoms with Crippen molar-refractivity contribution in [3.8, 4) is 17.0 Å².